The van der Waals surface area contributed by atoms with E-state index in [9.17, 15) is 10.1 Å². The van der Waals surface area contributed by atoms with Crippen molar-refractivity contribution in [3.63, 3.8) is 0 Å². The molecule has 0 radical (unpaired) electrons. The summed E-state index contributed by atoms with van der Waals surface area (Å²) in [5, 5.41) is 16.5. The zero-order valence-electron chi connectivity index (χ0n) is 15.4. The molecule has 9 nitrogen and oxygen atoms in total. The van der Waals surface area contributed by atoms with Crippen LogP contribution in [0.2, 0.25) is 0 Å². The normalized spacial score (nSPS) is 15.4. The van der Waals surface area contributed by atoms with E-state index in [2.05, 4.69) is 21.3 Å². The lowest BCUT2D eigenvalue weighted by atomic mass is 10.2. The fourth-order valence-electron chi connectivity index (χ4n) is 2.35. The molecule has 1 aromatic rings. The number of aromatic amines is 1. The monoisotopic (exact) mass is 347 g/mol. The summed E-state index contributed by atoms with van der Waals surface area (Å²) in [6.45, 7) is 7.73. The summed E-state index contributed by atoms with van der Waals surface area (Å²) >= 11 is 0. The van der Waals surface area contributed by atoms with Crippen LogP contribution in [0.15, 0.2) is 4.99 Å². The van der Waals surface area contributed by atoms with Crippen LogP contribution in [0.25, 0.3) is 0 Å². The maximum absolute atomic E-state index is 12.1. The zero-order valence-corrected chi connectivity index (χ0v) is 15.4. The number of anilines is 1. The van der Waals surface area contributed by atoms with Crippen molar-refractivity contribution in [1.29, 1.82) is 5.26 Å². The number of rotatable bonds is 3. The molecule has 0 aliphatic carbocycles. The van der Waals surface area contributed by atoms with E-state index in [-0.39, 0.29) is 6.09 Å². The van der Waals surface area contributed by atoms with E-state index in [0.29, 0.717) is 43.4 Å². The Morgan fingerprint density at radius 1 is 1.36 bits per heavy atom. The Kier molecular flexibility index (Phi) is 5.51. The molecule has 0 aromatic carbocycles. The number of H-pyrrole nitrogens is 1. The number of amides is 1. The molecule has 0 bridgehead atoms. The van der Waals surface area contributed by atoms with E-state index < -0.39 is 5.60 Å². The number of ether oxygens (including phenoxy) is 1. The van der Waals surface area contributed by atoms with Crippen molar-refractivity contribution in [1.82, 2.24) is 20.0 Å². The maximum atomic E-state index is 12.1. The van der Waals surface area contributed by atoms with Crippen LogP contribution in [0.5, 0.6) is 0 Å². The quantitative estimate of drug-likeness (QED) is 0.658. The Morgan fingerprint density at radius 3 is 2.52 bits per heavy atom. The van der Waals surface area contributed by atoms with Crippen molar-refractivity contribution in [3.8, 4) is 6.07 Å². The van der Waals surface area contributed by atoms with Crippen molar-refractivity contribution in [3.05, 3.63) is 5.56 Å². The molecule has 0 spiro atoms. The number of carbonyl (C=O) groups excluding carboxylic acids is 1. The highest BCUT2D eigenvalue weighted by Gasteiger charge is 2.28. The molecule has 1 aliphatic rings. The first kappa shape index (κ1) is 18.6. The second-order valence-electron chi connectivity index (χ2n) is 7.05. The van der Waals surface area contributed by atoms with Crippen LogP contribution in [0, 0.1) is 11.3 Å². The molecule has 25 heavy (non-hydrogen) atoms. The van der Waals surface area contributed by atoms with E-state index in [4.69, 9.17) is 4.74 Å². The first-order valence-electron chi connectivity index (χ1n) is 8.13. The molecule has 1 aromatic heterocycles. The molecule has 1 aliphatic heterocycles. The summed E-state index contributed by atoms with van der Waals surface area (Å²) in [6, 6.07) is 2.16. The van der Waals surface area contributed by atoms with Gasteiger partial charge in [0.25, 0.3) is 0 Å². The van der Waals surface area contributed by atoms with Crippen LogP contribution in [0.1, 0.15) is 26.3 Å². The molecule has 0 atom stereocenters. The van der Waals surface area contributed by atoms with Gasteiger partial charge in [0.15, 0.2) is 11.6 Å². The maximum Gasteiger partial charge on any atom is 0.410 e. The SMILES string of the molecule is CN(C)/C=N\c1[nH]nc(N2CCN(C(=O)OC(C)(C)C)CC2)c1C#N. The fourth-order valence-corrected chi connectivity index (χ4v) is 2.35. The summed E-state index contributed by atoms with van der Waals surface area (Å²) in [6.07, 6.45) is 1.30. The molecule has 1 N–H and O–H groups in total. The molecular weight excluding hydrogens is 322 g/mol. The Labute approximate surface area is 147 Å². The number of aliphatic imine (C=N–C) groups is 1. The van der Waals surface area contributed by atoms with Gasteiger partial charge >= 0.3 is 6.09 Å². The van der Waals surface area contributed by atoms with Gasteiger partial charge in [0.2, 0.25) is 0 Å². The van der Waals surface area contributed by atoms with Gasteiger partial charge in [-0.1, -0.05) is 0 Å². The van der Waals surface area contributed by atoms with Crippen molar-refractivity contribution in [2.45, 2.75) is 26.4 Å². The molecule has 9 heteroatoms. The minimum atomic E-state index is -0.510. The number of nitrogens with zero attached hydrogens (tertiary/aromatic N) is 6. The van der Waals surface area contributed by atoms with Gasteiger partial charge in [0.05, 0.1) is 6.34 Å². The van der Waals surface area contributed by atoms with E-state index >= 15 is 0 Å². The Morgan fingerprint density at radius 2 is 2.00 bits per heavy atom. The minimum absolute atomic E-state index is 0.314. The van der Waals surface area contributed by atoms with Gasteiger partial charge in [-0.25, -0.2) is 9.79 Å². The number of aromatic nitrogens is 2. The summed E-state index contributed by atoms with van der Waals surface area (Å²) in [5.74, 6) is 0.998. The predicted octanol–water partition coefficient (Wildman–Crippen LogP) is 1.56. The molecule has 0 unspecified atom stereocenters. The van der Waals surface area contributed by atoms with Gasteiger partial charge in [-0.2, -0.15) is 10.4 Å². The van der Waals surface area contributed by atoms with Gasteiger partial charge in [-0.15, -0.1) is 0 Å². The predicted molar refractivity (Wildman–Crippen MR) is 95.2 cm³/mol. The van der Waals surface area contributed by atoms with Crippen LogP contribution in [0.4, 0.5) is 16.4 Å². The Bertz CT molecular complexity index is 674. The van der Waals surface area contributed by atoms with Crippen LogP contribution in [-0.2, 0) is 4.74 Å². The highest BCUT2D eigenvalue weighted by atomic mass is 16.6. The molecule has 1 amide bonds. The largest absolute Gasteiger partial charge is 0.444 e. The standard InChI is InChI=1S/C16H25N7O2/c1-16(2,3)25-15(24)23-8-6-22(7-9-23)14-12(10-17)13(19-20-14)18-11-21(4)5/h11H,6-9H2,1-5H3,(H,19,20)/b18-11-. The number of piperazine rings is 1. The van der Waals surface area contributed by atoms with Crippen molar-refractivity contribution < 1.29 is 9.53 Å². The average molecular weight is 347 g/mol. The summed E-state index contributed by atoms with van der Waals surface area (Å²) in [5.41, 5.74) is -0.104. The van der Waals surface area contributed by atoms with Crippen molar-refractivity contribution in [2.24, 2.45) is 4.99 Å². The average Bonchev–Trinajstić information content (AvgIpc) is 2.94. The van der Waals surface area contributed by atoms with E-state index in [1.807, 2.05) is 39.8 Å². The number of nitrogens with one attached hydrogen (secondary N) is 1. The van der Waals surface area contributed by atoms with Gasteiger partial charge in [-0.05, 0) is 20.8 Å². The minimum Gasteiger partial charge on any atom is -0.444 e. The summed E-state index contributed by atoms with van der Waals surface area (Å²) < 4.78 is 5.39. The lowest BCUT2D eigenvalue weighted by Crippen LogP contribution is -2.50. The van der Waals surface area contributed by atoms with Crippen LogP contribution < -0.4 is 4.90 Å². The molecule has 136 valence electrons. The molecule has 0 saturated carbocycles. The number of hydrogen-bond acceptors (Lipinski definition) is 6. The lowest BCUT2D eigenvalue weighted by molar-refractivity contribution is 0.0240. The highest BCUT2D eigenvalue weighted by molar-refractivity contribution is 5.70. The lowest BCUT2D eigenvalue weighted by Gasteiger charge is -2.35. The van der Waals surface area contributed by atoms with E-state index in [1.165, 1.54) is 0 Å². The first-order chi connectivity index (χ1) is 11.7. The van der Waals surface area contributed by atoms with Crippen LogP contribution >= 0.6 is 0 Å². The molecular formula is C16H25N7O2. The number of nitriles is 1. The Hall–Kier alpha value is -2.76. The second kappa shape index (κ2) is 7.42. The van der Waals surface area contributed by atoms with Crippen molar-refractivity contribution in [2.75, 3.05) is 45.2 Å². The zero-order chi connectivity index (χ0) is 18.6. The third-order valence-corrected chi connectivity index (χ3v) is 3.49. The summed E-state index contributed by atoms with van der Waals surface area (Å²) in [7, 11) is 3.70. The Balaban J connectivity index is 2.04. The smallest absolute Gasteiger partial charge is 0.410 e. The molecule has 1 saturated heterocycles. The number of carbonyl (C=O) groups is 1. The third-order valence-electron chi connectivity index (χ3n) is 3.49. The van der Waals surface area contributed by atoms with Crippen molar-refractivity contribution >= 4 is 24.1 Å². The first-order valence-corrected chi connectivity index (χ1v) is 8.13. The van der Waals surface area contributed by atoms with Gasteiger partial charge in [-0.3, -0.25) is 5.10 Å². The fraction of sp³-hybridized carbons (Fsp3) is 0.625. The van der Waals surface area contributed by atoms with E-state index in [0.717, 1.165) is 0 Å². The third kappa shape index (κ3) is 4.86. The molecule has 1 fully saturated rings. The topological polar surface area (TPSA) is 101 Å². The van der Waals surface area contributed by atoms with E-state index in [1.54, 1.807) is 16.1 Å². The molecule has 2 rings (SSSR count). The van der Waals surface area contributed by atoms with Crippen LogP contribution in [0.3, 0.4) is 0 Å². The van der Waals surface area contributed by atoms with Crippen LogP contribution in [-0.4, -0.2) is 78.3 Å². The number of hydrogen-bond donors (Lipinski definition) is 1. The van der Waals surface area contributed by atoms with Gasteiger partial charge in [0.1, 0.15) is 17.2 Å². The van der Waals surface area contributed by atoms with Gasteiger partial charge < -0.3 is 19.4 Å². The summed E-state index contributed by atoms with van der Waals surface area (Å²) in [4.78, 5) is 21.8. The second-order valence-corrected chi connectivity index (χ2v) is 7.05. The van der Waals surface area contributed by atoms with Gasteiger partial charge in [0, 0.05) is 40.3 Å². The molecule has 2 heterocycles. The highest BCUT2D eigenvalue weighted by Crippen LogP contribution is 2.26.